The van der Waals surface area contributed by atoms with Gasteiger partial charge < -0.3 is 25.2 Å². The minimum absolute atomic E-state index is 0.0794. The summed E-state index contributed by atoms with van der Waals surface area (Å²) in [7, 11) is 1.11. The average molecular weight is 641 g/mol. The second kappa shape index (κ2) is 14.8. The number of amides is 2. The zero-order valence-electron chi connectivity index (χ0n) is 24.1. The monoisotopic (exact) mass is 640 g/mol. The van der Waals surface area contributed by atoms with Crippen molar-refractivity contribution < 1.29 is 55.3 Å². The molecule has 3 rings (SSSR count). The van der Waals surface area contributed by atoms with Crippen molar-refractivity contribution in [2.75, 3.05) is 13.7 Å². The molecule has 0 aromatic heterocycles. The number of carboxylic acid groups (broad SMARTS) is 1. The Morgan fingerprint density at radius 1 is 0.867 bits per heavy atom. The predicted molar refractivity (Wildman–Crippen MR) is 150 cm³/mol. The maximum absolute atomic E-state index is 13.5. The third-order valence-electron chi connectivity index (χ3n) is 6.76. The van der Waals surface area contributed by atoms with Crippen LogP contribution in [0.25, 0.3) is 0 Å². The van der Waals surface area contributed by atoms with Gasteiger partial charge in [0.1, 0.15) is 11.5 Å². The summed E-state index contributed by atoms with van der Waals surface area (Å²) in [5.74, 6) is -3.72. The van der Waals surface area contributed by atoms with Gasteiger partial charge in [-0.25, -0.2) is 0 Å². The summed E-state index contributed by atoms with van der Waals surface area (Å²) >= 11 is 0. The number of nitrogens with one attached hydrogen (secondary N) is 2. The second-order valence-corrected chi connectivity index (χ2v) is 9.90. The van der Waals surface area contributed by atoms with E-state index < -0.39 is 53.6 Å². The van der Waals surface area contributed by atoms with Crippen LogP contribution in [-0.2, 0) is 11.0 Å². The summed E-state index contributed by atoms with van der Waals surface area (Å²) in [5.41, 5.74) is 0.0276. The molecule has 0 radical (unpaired) electrons. The summed E-state index contributed by atoms with van der Waals surface area (Å²) in [5, 5.41) is 14.1. The number of carbonyl (C=O) groups excluding carboxylic acids is 2. The van der Waals surface area contributed by atoms with E-state index in [4.69, 9.17) is 9.84 Å². The first kappa shape index (κ1) is 34.7. The van der Waals surface area contributed by atoms with Crippen LogP contribution in [0, 0.1) is 0 Å². The fraction of sp³-hybridized carbons (Fsp3) is 0.323. The van der Waals surface area contributed by atoms with Crippen molar-refractivity contribution in [3.63, 3.8) is 0 Å². The van der Waals surface area contributed by atoms with Crippen LogP contribution in [0.15, 0.2) is 66.7 Å². The lowest BCUT2D eigenvalue weighted by Gasteiger charge is -2.29. The molecular weight excluding hydrogens is 610 g/mol. The molecule has 242 valence electrons. The third-order valence-corrected chi connectivity index (χ3v) is 6.76. The summed E-state index contributed by atoms with van der Waals surface area (Å²) in [6, 6.07) is 12.6. The first-order valence-corrected chi connectivity index (χ1v) is 13.6. The lowest BCUT2D eigenvalue weighted by molar-refractivity contribution is -0.274. The number of hydrogen-bond donors (Lipinski definition) is 3. The lowest BCUT2D eigenvalue weighted by Crippen LogP contribution is -2.33. The first-order chi connectivity index (χ1) is 21.1. The third kappa shape index (κ3) is 9.88. The topological polar surface area (TPSA) is 114 Å². The molecule has 2 amide bonds. The number of halogens is 6. The largest absolute Gasteiger partial charge is 0.573 e. The van der Waals surface area contributed by atoms with E-state index in [2.05, 4.69) is 15.4 Å². The molecule has 3 aromatic rings. The van der Waals surface area contributed by atoms with Gasteiger partial charge in [0, 0.05) is 18.0 Å². The lowest BCUT2D eigenvalue weighted by atomic mass is 9.83. The van der Waals surface area contributed by atoms with E-state index in [-0.39, 0.29) is 29.8 Å². The van der Waals surface area contributed by atoms with E-state index in [0.29, 0.717) is 30.0 Å². The Kier molecular flexibility index (Phi) is 11.4. The standard InChI is InChI=1S/C31H30F6N2O6/c1-3-4-23(18-5-7-20(8-6-18)28(42)38-16-15-26(40)41)27(19-9-12-22(13-10-19)45-31(35,36)37)39-29(43)24-14-11-21(30(32,33)34)17-25(24)44-2/h5-14,17,23,27H,3-4,15-16H2,1-2H3,(H,38,42)(H,39,43)(H,40,41). The van der Waals surface area contributed by atoms with E-state index in [1.54, 1.807) is 12.1 Å². The number of benzene rings is 3. The van der Waals surface area contributed by atoms with Gasteiger partial charge in [-0.1, -0.05) is 37.6 Å². The molecule has 0 aliphatic heterocycles. The van der Waals surface area contributed by atoms with Gasteiger partial charge in [-0.2, -0.15) is 13.2 Å². The molecule has 14 heteroatoms. The van der Waals surface area contributed by atoms with Gasteiger partial charge in [0.05, 0.1) is 30.7 Å². The van der Waals surface area contributed by atoms with Crippen molar-refractivity contribution in [1.82, 2.24) is 10.6 Å². The van der Waals surface area contributed by atoms with E-state index in [1.165, 1.54) is 24.3 Å². The molecule has 0 heterocycles. The number of alkyl halides is 6. The van der Waals surface area contributed by atoms with Crippen LogP contribution in [0.1, 0.15) is 75.6 Å². The highest BCUT2D eigenvalue weighted by molar-refractivity contribution is 5.97. The quantitative estimate of drug-likeness (QED) is 0.176. The van der Waals surface area contributed by atoms with Crippen molar-refractivity contribution in [1.29, 1.82) is 0 Å². The number of carbonyl (C=O) groups is 3. The average Bonchev–Trinajstić information content (AvgIpc) is 2.97. The van der Waals surface area contributed by atoms with Crippen molar-refractivity contribution >= 4 is 17.8 Å². The van der Waals surface area contributed by atoms with Crippen LogP contribution in [0.2, 0.25) is 0 Å². The maximum atomic E-state index is 13.5. The Morgan fingerprint density at radius 3 is 2.02 bits per heavy atom. The highest BCUT2D eigenvalue weighted by Gasteiger charge is 2.34. The van der Waals surface area contributed by atoms with Gasteiger partial charge in [-0.05, 0) is 60.0 Å². The molecule has 3 aromatic carbocycles. The molecule has 0 aliphatic carbocycles. The molecule has 0 saturated carbocycles. The van der Waals surface area contributed by atoms with E-state index in [0.717, 1.165) is 31.4 Å². The number of aliphatic carboxylic acids is 1. The van der Waals surface area contributed by atoms with Gasteiger partial charge in [0.25, 0.3) is 11.8 Å². The Bertz CT molecular complexity index is 1470. The smallest absolute Gasteiger partial charge is 0.496 e. The highest BCUT2D eigenvalue weighted by Crippen LogP contribution is 2.38. The molecular formula is C31H30F6N2O6. The van der Waals surface area contributed by atoms with Crippen molar-refractivity contribution in [3.8, 4) is 11.5 Å². The molecule has 8 nitrogen and oxygen atoms in total. The van der Waals surface area contributed by atoms with Crippen LogP contribution in [0.5, 0.6) is 11.5 Å². The molecule has 0 spiro atoms. The number of ether oxygens (including phenoxy) is 2. The zero-order chi connectivity index (χ0) is 33.4. The number of methoxy groups -OCH3 is 1. The second-order valence-electron chi connectivity index (χ2n) is 9.90. The van der Waals surface area contributed by atoms with E-state index >= 15 is 0 Å². The molecule has 0 fully saturated rings. The van der Waals surface area contributed by atoms with Crippen molar-refractivity contribution in [2.24, 2.45) is 0 Å². The Labute approximate surface area is 254 Å². The molecule has 2 unspecified atom stereocenters. The minimum Gasteiger partial charge on any atom is -0.496 e. The molecule has 3 N–H and O–H groups in total. The summed E-state index contributed by atoms with van der Waals surface area (Å²) in [4.78, 5) is 36.7. The highest BCUT2D eigenvalue weighted by atomic mass is 19.4. The van der Waals surface area contributed by atoms with Crippen LogP contribution in [0.3, 0.4) is 0 Å². The van der Waals surface area contributed by atoms with Crippen LogP contribution < -0.4 is 20.1 Å². The van der Waals surface area contributed by atoms with Crippen LogP contribution >= 0.6 is 0 Å². The van der Waals surface area contributed by atoms with Gasteiger partial charge in [0.15, 0.2) is 0 Å². The maximum Gasteiger partial charge on any atom is 0.573 e. The fourth-order valence-corrected chi connectivity index (χ4v) is 4.67. The minimum atomic E-state index is -4.93. The molecule has 0 saturated heterocycles. The number of carboxylic acids is 1. The Hall–Kier alpha value is -4.75. The molecule has 0 bridgehead atoms. The molecule has 0 aliphatic rings. The molecule has 2 atom stereocenters. The van der Waals surface area contributed by atoms with Gasteiger partial charge in [-0.3, -0.25) is 14.4 Å². The van der Waals surface area contributed by atoms with Crippen molar-refractivity contribution in [2.45, 2.75) is 50.7 Å². The Morgan fingerprint density at radius 2 is 1.49 bits per heavy atom. The first-order valence-electron chi connectivity index (χ1n) is 13.6. The Balaban J connectivity index is 2.00. The van der Waals surface area contributed by atoms with Crippen LogP contribution in [-0.4, -0.2) is 42.9 Å². The SMILES string of the molecule is CCCC(c1ccc(C(=O)NCCC(=O)O)cc1)C(NC(=O)c1ccc(C(F)(F)F)cc1OC)c1ccc(OC(F)(F)F)cc1. The van der Waals surface area contributed by atoms with Gasteiger partial charge >= 0.3 is 18.5 Å². The summed E-state index contributed by atoms with van der Waals surface area (Å²) < 4.78 is 87.1. The van der Waals surface area contributed by atoms with Gasteiger partial charge in [0.2, 0.25) is 0 Å². The van der Waals surface area contributed by atoms with Gasteiger partial charge in [-0.15, -0.1) is 13.2 Å². The normalized spacial score (nSPS) is 13.0. The fourth-order valence-electron chi connectivity index (χ4n) is 4.67. The number of rotatable bonds is 13. The summed E-state index contributed by atoms with van der Waals surface area (Å²) in [6.07, 6.45) is -8.84. The van der Waals surface area contributed by atoms with E-state index in [1.807, 2.05) is 6.92 Å². The molecule has 45 heavy (non-hydrogen) atoms. The van der Waals surface area contributed by atoms with Crippen LogP contribution in [0.4, 0.5) is 26.3 Å². The van der Waals surface area contributed by atoms with E-state index in [9.17, 15) is 40.7 Å². The van der Waals surface area contributed by atoms with Crippen molar-refractivity contribution in [3.05, 3.63) is 94.5 Å². The summed E-state index contributed by atoms with van der Waals surface area (Å²) in [6.45, 7) is 1.79. The predicted octanol–water partition coefficient (Wildman–Crippen LogP) is 6.87. The number of hydrogen-bond acceptors (Lipinski definition) is 5. The zero-order valence-corrected chi connectivity index (χ0v) is 24.1.